The summed E-state index contributed by atoms with van der Waals surface area (Å²) in [5.74, 6) is 0.608. The quantitative estimate of drug-likeness (QED) is 0.610. The Labute approximate surface area is 152 Å². The normalized spacial score (nSPS) is 15.0. The van der Waals surface area contributed by atoms with Crippen molar-refractivity contribution >= 4 is 28.7 Å². The molecular weight excluding hydrogens is 328 g/mol. The van der Waals surface area contributed by atoms with Gasteiger partial charge in [-0.05, 0) is 55.2 Å². The number of nitrogen functional groups attached to an aromatic ring is 1. The molecule has 1 aliphatic rings. The van der Waals surface area contributed by atoms with Crippen LogP contribution in [0.15, 0.2) is 42.9 Å². The maximum Gasteiger partial charge on any atom is 0.228 e. The van der Waals surface area contributed by atoms with Gasteiger partial charge in [-0.15, -0.1) is 0 Å². The number of carbonyl (C=O) groups is 1. The fourth-order valence-electron chi connectivity index (χ4n) is 2.57. The van der Waals surface area contributed by atoms with Crippen LogP contribution in [0.25, 0.3) is 11.3 Å². The van der Waals surface area contributed by atoms with Crippen molar-refractivity contribution in [2.24, 2.45) is 17.4 Å². The van der Waals surface area contributed by atoms with E-state index in [4.69, 9.17) is 17.2 Å². The largest absolute Gasteiger partial charge is 0.404 e. The molecule has 0 spiro atoms. The summed E-state index contributed by atoms with van der Waals surface area (Å²) in [4.78, 5) is 20.3. The fourth-order valence-corrected chi connectivity index (χ4v) is 2.57. The number of anilines is 2. The minimum atomic E-state index is 0.00411. The second kappa shape index (κ2) is 7.26. The van der Waals surface area contributed by atoms with Crippen molar-refractivity contribution in [3.05, 3.63) is 59.7 Å². The molecule has 1 aliphatic carbocycles. The summed E-state index contributed by atoms with van der Waals surface area (Å²) in [6.07, 6.45) is 8.30. The number of nitrogens with zero attached hydrogens (tertiary/aromatic N) is 2. The molecule has 1 saturated carbocycles. The predicted octanol–water partition coefficient (Wildman–Crippen LogP) is 2.02. The Kier molecular flexibility index (Phi) is 4.88. The van der Waals surface area contributed by atoms with E-state index in [1.807, 2.05) is 6.92 Å². The van der Waals surface area contributed by atoms with Crippen LogP contribution in [-0.2, 0) is 4.79 Å². The number of nitrogens with two attached hydrogens (primary N) is 3. The number of pyridine rings is 2. The lowest BCUT2D eigenvalue weighted by Crippen LogP contribution is -2.14. The van der Waals surface area contributed by atoms with Gasteiger partial charge in [-0.3, -0.25) is 9.78 Å². The number of amides is 1. The van der Waals surface area contributed by atoms with Crippen molar-refractivity contribution in [2.45, 2.75) is 19.8 Å². The molecule has 2 heterocycles. The summed E-state index contributed by atoms with van der Waals surface area (Å²) in [5.41, 5.74) is 21.9. The first-order valence-electron chi connectivity index (χ1n) is 8.37. The molecule has 2 aromatic rings. The third kappa shape index (κ3) is 4.00. The van der Waals surface area contributed by atoms with E-state index in [-0.39, 0.29) is 11.8 Å². The van der Waals surface area contributed by atoms with Gasteiger partial charge in [0.25, 0.3) is 0 Å². The maximum absolute atomic E-state index is 11.9. The predicted molar refractivity (Wildman–Crippen MR) is 103 cm³/mol. The molecule has 7 heteroatoms. The van der Waals surface area contributed by atoms with Gasteiger partial charge in [-0.25, -0.2) is 4.98 Å². The summed E-state index contributed by atoms with van der Waals surface area (Å²) in [6, 6.07) is 5.35. The van der Waals surface area contributed by atoms with Crippen molar-refractivity contribution < 1.29 is 4.79 Å². The molecule has 3 rings (SSSR count). The average Bonchev–Trinajstić information content (AvgIpc) is 3.47. The number of nitrogens with one attached hydrogen (secondary N) is 1. The highest BCUT2D eigenvalue weighted by atomic mass is 16.2. The Balaban J connectivity index is 1.86. The minimum absolute atomic E-state index is 0.00411. The number of aromatic nitrogens is 2. The molecule has 1 fully saturated rings. The number of allylic oxidation sites excluding steroid dienone is 2. The van der Waals surface area contributed by atoms with Crippen LogP contribution < -0.4 is 22.5 Å². The zero-order valence-electron chi connectivity index (χ0n) is 14.6. The zero-order valence-corrected chi connectivity index (χ0v) is 14.6. The Morgan fingerprint density at radius 2 is 2.08 bits per heavy atom. The Morgan fingerprint density at radius 3 is 2.77 bits per heavy atom. The fraction of sp³-hybridized carbons (Fsp3) is 0.211. The van der Waals surface area contributed by atoms with E-state index < -0.39 is 0 Å². The maximum atomic E-state index is 11.9. The highest BCUT2D eigenvalue weighted by Crippen LogP contribution is 2.30. The first-order chi connectivity index (χ1) is 12.5. The molecule has 0 bridgehead atoms. The monoisotopic (exact) mass is 350 g/mol. The second-order valence-electron chi connectivity index (χ2n) is 6.32. The molecule has 0 unspecified atom stereocenters. The van der Waals surface area contributed by atoms with E-state index in [2.05, 4.69) is 15.3 Å². The molecule has 7 nitrogen and oxygen atoms in total. The van der Waals surface area contributed by atoms with E-state index in [1.165, 1.54) is 6.20 Å². The summed E-state index contributed by atoms with van der Waals surface area (Å²) < 4.78 is 0. The van der Waals surface area contributed by atoms with Gasteiger partial charge in [0.05, 0.1) is 11.9 Å². The lowest BCUT2D eigenvalue weighted by molar-refractivity contribution is -0.117. The number of hydrogen-bond acceptors (Lipinski definition) is 6. The smallest absolute Gasteiger partial charge is 0.228 e. The topological polar surface area (TPSA) is 133 Å². The molecule has 0 radical (unpaired) electrons. The van der Waals surface area contributed by atoms with Crippen molar-refractivity contribution in [2.75, 3.05) is 11.1 Å². The summed E-state index contributed by atoms with van der Waals surface area (Å²) >= 11 is 0. The van der Waals surface area contributed by atoms with Gasteiger partial charge < -0.3 is 22.5 Å². The summed E-state index contributed by atoms with van der Waals surface area (Å²) in [5, 5.41) is 2.83. The van der Waals surface area contributed by atoms with Crippen LogP contribution in [0.2, 0.25) is 0 Å². The number of hydrogen-bond donors (Lipinski definition) is 4. The summed E-state index contributed by atoms with van der Waals surface area (Å²) in [6.45, 7) is 1.86. The van der Waals surface area contributed by atoms with Crippen LogP contribution in [-0.4, -0.2) is 15.9 Å². The molecule has 7 N–H and O–H groups in total. The standard InChI is InChI=1S/C19H22N6O/c1-11-16(8-15(21)10-24-11)17(22)6-14(9-20)13-4-5-23-18(7-13)25-19(26)12-2-3-12/h4-10,12H,2-3,20-22H2,1H3,(H,23,25,26)/b14-9+,17-6-. The molecule has 0 atom stereocenters. The van der Waals surface area contributed by atoms with Crippen LogP contribution in [0.3, 0.4) is 0 Å². The molecule has 134 valence electrons. The number of carbonyl (C=O) groups excluding carboxylic acids is 1. The minimum Gasteiger partial charge on any atom is -0.404 e. The SMILES string of the molecule is Cc1ncc(N)cc1/C(N)=C/C(=C\N)c1ccnc(NC(=O)C2CC2)c1. The third-order valence-corrected chi connectivity index (χ3v) is 4.20. The van der Waals surface area contributed by atoms with E-state index in [0.29, 0.717) is 22.8 Å². The van der Waals surface area contributed by atoms with E-state index in [0.717, 1.165) is 29.7 Å². The van der Waals surface area contributed by atoms with Gasteiger partial charge >= 0.3 is 0 Å². The van der Waals surface area contributed by atoms with E-state index in [1.54, 1.807) is 36.7 Å². The van der Waals surface area contributed by atoms with Crippen molar-refractivity contribution in [1.29, 1.82) is 0 Å². The van der Waals surface area contributed by atoms with Crippen LogP contribution in [0, 0.1) is 12.8 Å². The number of aryl methyl sites for hydroxylation is 1. The van der Waals surface area contributed by atoms with Crippen LogP contribution in [0.4, 0.5) is 11.5 Å². The molecule has 0 aromatic carbocycles. The van der Waals surface area contributed by atoms with Gasteiger partial charge in [0.1, 0.15) is 5.82 Å². The third-order valence-electron chi connectivity index (χ3n) is 4.20. The van der Waals surface area contributed by atoms with Gasteiger partial charge in [-0.1, -0.05) is 0 Å². The first kappa shape index (κ1) is 17.5. The van der Waals surface area contributed by atoms with E-state index in [9.17, 15) is 4.79 Å². The lowest BCUT2D eigenvalue weighted by atomic mass is 10.0. The zero-order chi connectivity index (χ0) is 18.7. The molecular formula is C19H22N6O. The Hall–Kier alpha value is -3.35. The van der Waals surface area contributed by atoms with Crippen LogP contribution in [0.1, 0.15) is 29.7 Å². The van der Waals surface area contributed by atoms with Gasteiger partial charge in [0.2, 0.25) is 5.91 Å². The number of rotatable bonds is 5. The molecule has 26 heavy (non-hydrogen) atoms. The second-order valence-corrected chi connectivity index (χ2v) is 6.32. The van der Waals surface area contributed by atoms with Crippen LogP contribution >= 0.6 is 0 Å². The average molecular weight is 350 g/mol. The van der Waals surface area contributed by atoms with E-state index >= 15 is 0 Å². The Bertz CT molecular complexity index is 899. The summed E-state index contributed by atoms with van der Waals surface area (Å²) in [7, 11) is 0. The first-order valence-corrected chi connectivity index (χ1v) is 8.37. The van der Waals surface area contributed by atoms with Crippen molar-refractivity contribution in [3.63, 3.8) is 0 Å². The van der Waals surface area contributed by atoms with Crippen LogP contribution in [0.5, 0.6) is 0 Å². The Morgan fingerprint density at radius 1 is 1.31 bits per heavy atom. The van der Waals surface area contributed by atoms with Gasteiger partial charge in [0, 0.05) is 35.3 Å². The van der Waals surface area contributed by atoms with Gasteiger partial charge in [-0.2, -0.15) is 0 Å². The van der Waals surface area contributed by atoms with Crippen molar-refractivity contribution in [3.8, 4) is 0 Å². The molecule has 2 aromatic heterocycles. The van der Waals surface area contributed by atoms with Crippen molar-refractivity contribution in [1.82, 2.24) is 9.97 Å². The molecule has 0 aliphatic heterocycles. The molecule has 1 amide bonds. The molecule has 0 saturated heterocycles. The highest BCUT2D eigenvalue weighted by Gasteiger charge is 2.29. The van der Waals surface area contributed by atoms with Gasteiger partial charge in [0.15, 0.2) is 0 Å². The lowest BCUT2D eigenvalue weighted by Gasteiger charge is -2.10. The highest BCUT2D eigenvalue weighted by molar-refractivity contribution is 5.94.